The van der Waals surface area contributed by atoms with Crippen LogP contribution >= 0.6 is 0 Å². The quantitative estimate of drug-likeness (QED) is 0.545. The molecule has 0 saturated heterocycles. The van der Waals surface area contributed by atoms with Crippen LogP contribution in [0.15, 0.2) is 24.4 Å². The van der Waals surface area contributed by atoms with E-state index in [1.165, 1.54) is 0 Å². The number of hydrogen-bond donors (Lipinski definition) is 4. The van der Waals surface area contributed by atoms with Crippen molar-refractivity contribution in [3.05, 3.63) is 41.3 Å². The van der Waals surface area contributed by atoms with Gasteiger partial charge in [0.2, 0.25) is 5.91 Å². The van der Waals surface area contributed by atoms with E-state index in [1.54, 1.807) is 6.20 Å². The number of pyridine rings is 1. The molecule has 2 saturated carbocycles. The number of aromatic amines is 1. The maximum Gasteiger partial charge on any atom is 0.407 e. The monoisotopic (exact) mass is 441 g/mol. The van der Waals surface area contributed by atoms with Crippen molar-refractivity contribution in [3.63, 3.8) is 0 Å². The summed E-state index contributed by atoms with van der Waals surface area (Å²) in [5, 5.41) is 22.5. The first-order valence-electron chi connectivity index (χ1n) is 11.4. The van der Waals surface area contributed by atoms with Crippen LogP contribution in [0, 0.1) is 6.92 Å². The Hall–Kier alpha value is -2.94. The Bertz CT molecular complexity index is 921. The zero-order valence-corrected chi connectivity index (χ0v) is 18.3. The molecule has 0 aliphatic heterocycles. The molecule has 2 amide bonds. The van der Waals surface area contributed by atoms with Crippen LogP contribution in [0.1, 0.15) is 67.8 Å². The average Bonchev–Trinajstić information content (AvgIpc) is 3.41. The third-order valence-corrected chi connectivity index (χ3v) is 6.30. The van der Waals surface area contributed by atoms with Crippen LogP contribution in [0.5, 0.6) is 0 Å². The summed E-state index contributed by atoms with van der Waals surface area (Å²) in [6.07, 6.45) is 6.58. The highest BCUT2D eigenvalue weighted by atomic mass is 16.6. The molecule has 0 unspecified atom stereocenters. The Morgan fingerprint density at radius 2 is 2.00 bits per heavy atom. The number of rotatable bonds is 6. The maximum atomic E-state index is 12.3. The smallest absolute Gasteiger partial charge is 0.407 e. The number of H-pyrrole nitrogens is 1. The van der Waals surface area contributed by atoms with Crippen LogP contribution in [0.4, 0.5) is 10.6 Å². The first-order chi connectivity index (χ1) is 15.4. The number of carbonyl (C=O) groups is 2. The Kier molecular flexibility index (Phi) is 7.04. The van der Waals surface area contributed by atoms with Crippen molar-refractivity contribution in [2.75, 3.05) is 5.32 Å². The Morgan fingerprint density at radius 3 is 2.75 bits per heavy atom. The normalized spacial score (nSPS) is 25.3. The highest BCUT2D eigenvalue weighted by Gasteiger charge is 2.31. The molecule has 0 radical (unpaired) electrons. The standard InChI is InChI=1S/C23H31N5O4/c1-14-2-4-17(24-13-14)11-22(30)26-21-12-20(27-28-21)15-3-9-19(10-15)32-23(31)25-16-5-7-18(29)8-6-16/h2,4,12-13,15-16,18-19,29H,3,5-11H2,1H3,(H,25,31)(H2,26,27,28,30)/t15-,16-,18+,19+/m1/s1. The molecule has 0 bridgehead atoms. The third kappa shape index (κ3) is 6.06. The van der Waals surface area contributed by atoms with Crippen LogP contribution in [0.3, 0.4) is 0 Å². The molecule has 2 aromatic rings. The van der Waals surface area contributed by atoms with E-state index in [0.717, 1.165) is 56.2 Å². The maximum absolute atomic E-state index is 12.3. The largest absolute Gasteiger partial charge is 0.446 e. The van der Waals surface area contributed by atoms with Crippen LogP contribution in [-0.2, 0) is 16.0 Å². The van der Waals surface area contributed by atoms with Crippen molar-refractivity contribution < 1.29 is 19.4 Å². The number of ether oxygens (including phenoxy) is 1. The number of alkyl carbamates (subject to hydrolysis) is 1. The molecule has 32 heavy (non-hydrogen) atoms. The van der Waals surface area contributed by atoms with E-state index < -0.39 is 0 Å². The number of nitrogens with one attached hydrogen (secondary N) is 3. The Balaban J connectivity index is 1.22. The minimum Gasteiger partial charge on any atom is -0.446 e. The molecule has 4 rings (SSSR count). The van der Waals surface area contributed by atoms with Crippen molar-refractivity contribution in [1.82, 2.24) is 20.5 Å². The molecular formula is C23H31N5O4. The van der Waals surface area contributed by atoms with E-state index in [9.17, 15) is 14.7 Å². The van der Waals surface area contributed by atoms with Gasteiger partial charge < -0.3 is 20.5 Å². The summed E-state index contributed by atoms with van der Waals surface area (Å²) in [7, 11) is 0. The van der Waals surface area contributed by atoms with Gasteiger partial charge in [0, 0.05) is 35.6 Å². The van der Waals surface area contributed by atoms with Crippen LogP contribution in [0.25, 0.3) is 0 Å². The molecule has 2 aliphatic carbocycles. The van der Waals surface area contributed by atoms with Crippen LogP contribution < -0.4 is 10.6 Å². The minimum absolute atomic E-state index is 0.0805. The van der Waals surface area contributed by atoms with E-state index in [4.69, 9.17) is 4.74 Å². The number of anilines is 1. The van der Waals surface area contributed by atoms with Gasteiger partial charge in [-0.3, -0.25) is 14.9 Å². The molecule has 2 heterocycles. The van der Waals surface area contributed by atoms with Gasteiger partial charge in [0.05, 0.1) is 12.5 Å². The second-order valence-corrected chi connectivity index (χ2v) is 8.95. The molecule has 9 heteroatoms. The summed E-state index contributed by atoms with van der Waals surface area (Å²) in [5.74, 6) is 0.521. The first kappa shape index (κ1) is 22.3. The van der Waals surface area contributed by atoms with Gasteiger partial charge >= 0.3 is 6.09 Å². The first-order valence-corrected chi connectivity index (χ1v) is 11.4. The number of hydrogen-bond acceptors (Lipinski definition) is 6. The van der Waals surface area contributed by atoms with E-state index in [-0.39, 0.29) is 42.6 Å². The number of aliphatic hydroxyl groups is 1. The Morgan fingerprint density at radius 1 is 1.19 bits per heavy atom. The van der Waals surface area contributed by atoms with Crippen LogP contribution in [-0.4, -0.2) is 50.5 Å². The Labute approximate surface area is 187 Å². The number of carbonyl (C=O) groups excluding carboxylic acids is 2. The molecule has 2 fully saturated rings. The predicted molar refractivity (Wildman–Crippen MR) is 118 cm³/mol. The van der Waals surface area contributed by atoms with Gasteiger partial charge in [-0.2, -0.15) is 5.10 Å². The zero-order chi connectivity index (χ0) is 22.5. The summed E-state index contributed by atoms with van der Waals surface area (Å²) in [6.45, 7) is 1.95. The number of aliphatic hydroxyl groups excluding tert-OH is 1. The number of nitrogens with zero attached hydrogens (tertiary/aromatic N) is 2. The second-order valence-electron chi connectivity index (χ2n) is 8.95. The lowest BCUT2D eigenvalue weighted by molar-refractivity contribution is -0.115. The van der Waals surface area contributed by atoms with E-state index in [0.29, 0.717) is 11.5 Å². The molecule has 2 aliphatic rings. The molecular weight excluding hydrogens is 410 g/mol. The van der Waals surface area contributed by atoms with Crippen molar-refractivity contribution in [1.29, 1.82) is 0 Å². The minimum atomic E-state index is -0.376. The summed E-state index contributed by atoms with van der Waals surface area (Å²) in [4.78, 5) is 28.7. The fraction of sp³-hybridized carbons (Fsp3) is 0.565. The van der Waals surface area contributed by atoms with Crippen molar-refractivity contribution >= 4 is 17.8 Å². The summed E-state index contributed by atoms with van der Waals surface area (Å²) in [6, 6.07) is 5.70. The summed E-state index contributed by atoms with van der Waals surface area (Å²) < 4.78 is 5.62. The average molecular weight is 442 g/mol. The lowest BCUT2D eigenvalue weighted by Crippen LogP contribution is -2.40. The van der Waals surface area contributed by atoms with Crippen molar-refractivity contribution in [3.8, 4) is 0 Å². The second kappa shape index (κ2) is 10.1. The lowest BCUT2D eigenvalue weighted by Gasteiger charge is -2.26. The predicted octanol–water partition coefficient (Wildman–Crippen LogP) is 2.96. The van der Waals surface area contributed by atoms with Gasteiger partial charge in [0.1, 0.15) is 6.10 Å². The number of amides is 2. The van der Waals surface area contributed by atoms with E-state index in [1.807, 2.05) is 25.1 Å². The topological polar surface area (TPSA) is 129 Å². The van der Waals surface area contributed by atoms with E-state index in [2.05, 4.69) is 25.8 Å². The highest BCUT2D eigenvalue weighted by molar-refractivity contribution is 5.91. The molecule has 2 aromatic heterocycles. The van der Waals surface area contributed by atoms with Gasteiger partial charge in [-0.25, -0.2) is 4.79 Å². The third-order valence-electron chi connectivity index (χ3n) is 6.30. The van der Waals surface area contributed by atoms with Crippen molar-refractivity contribution in [2.24, 2.45) is 0 Å². The molecule has 9 nitrogen and oxygen atoms in total. The highest BCUT2D eigenvalue weighted by Crippen LogP contribution is 2.36. The number of aromatic nitrogens is 3. The molecule has 0 spiro atoms. The zero-order valence-electron chi connectivity index (χ0n) is 18.3. The summed E-state index contributed by atoms with van der Waals surface area (Å²) in [5.41, 5.74) is 2.69. The van der Waals surface area contributed by atoms with Crippen LogP contribution in [0.2, 0.25) is 0 Å². The van der Waals surface area contributed by atoms with E-state index >= 15 is 0 Å². The lowest BCUT2D eigenvalue weighted by atomic mass is 9.93. The fourth-order valence-corrected chi connectivity index (χ4v) is 4.47. The number of aryl methyl sites for hydroxylation is 1. The van der Waals surface area contributed by atoms with Gasteiger partial charge in [0.25, 0.3) is 0 Å². The van der Waals surface area contributed by atoms with Crippen molar-refractivity contribution in [2.45, 2.75) is 82.5 Å². The molecule has 0 aromatic carbocycles. The van der Waals surface area contributed by atoms with Gasteiger partial charge in [-0.15, -0.1) is 0 Å². The summed E-state index contributed by atoms with van der Waals surface area (Å²) >= 11 is 0. The van der Waals surface area contributed by atoms with Gasteiger partial charge in [-0.1, -0.05) is 6.07 Å². The van der Waals surface area contributed by atoms with Gasteiger partial charge in [0.15, 0.2) is 5.82 Å². The molecule has 2 atom stereocenters. The van der Waals surface area contributed by atoms with Gasteiger partial charge in [-0.05, 0) is 63.5 Å². The fourth-order valence-electron chi connectivity index (χ4n) is 4.47. The SMILES string of the molecule is Cc1ccc(CC(=O)Nc2cc([C@@H]3CC[C@H](OC(=O)N[C@H]4CC[C@@H](O)CC4)C3)[nH]n2)nc1. The molecule has 172 valence electrons. The molecule has 4 N–H and O–H groups in total.